The van der Waals surface area contributed by atoms with Gasteiger partial charge in [-0.2, -0.15) is 13.2 Å². The van der Waals surface area contributed by atoms with Crippen molar-refractivity contribution in [1.29, 1.82) is 0 Å². The molecule has 1 aliphatic rings. The molecule has 0 nitrogen and oxygen atoms in total. The second kappa shape index (κ2) is 4.35. The second-order valence-electron chi connectivity index (χ2n) is 3.88. The standard InChI is InChI=1S/C12H12BrF3S/c1-2-5-10-8-9-6-3-4-7-11(9)17(10,13)12(14,15)16/h3-4,6-8H,2,5H2,1H3. The fraction of sp³-hybridized carbons (Fsp3) is 0.333. The lowest BCUT2D eigenvalue weighted by molar-refractivity contribution is -0.0355. The zero-order valence-corrected chi connectivity index (χ0v) is 11.6. The molecule has 5 heteroatoms. The largest absolute Gasteiger partial charge is 0.442 e. The Hall–Kier alpha value is -0.420. The van der Waals surface area contributed by atoms with E-state index >= 15 is 0 Å². The molecule has 1 atom stereocenters. The molecule has 1 aromatic carbocycles. The van der Waals surface area contributed by atoms with Crippen LogP contribution in [0.2, 0.25) is 0 Å². The van der Waals surface area contributed by atoms with Gasteiger partial charge in [-0.25, -0.2) is 0 Å². The zero-order chi connectivity index (χ0) is 12.7. The maximum absolute atomic E-state index is 13.3. The molecule has 94 valence electrons. The molecule has 0 saturated carbocycles. The highest BCUT2D eigenvalue weighted by Gasteiger charge is 2.54. The number of hydrogen-bond donors (Lipinski definition) is 0. The van der Waals surface area contributed by atoms with Crippen molar-refractivity contribution in [2.45, 2.75) is 30.2 Å². The monoisotopic (exact) mass is 324 g/mol. The van der Waals surface area contributed by atoms with E-state index in [2.05, 4.69) is 14.8 Å². The molecule has 0 bridgehead atoms. The van der Waals surface area contributed by atoms with Crippen molar-refractivity contribution in [2.24, 2.45) is 0 Å². The summed E-state index contributed by atoms with van der Waals surface area (Å²) in [6.07, 6.45) is 2.89. The number of fused-ring (bicyclic) bond motifs is 1. The first-order valence-electron chi connectivity index (χ1n) is 5.30. The van der Waals surface area contributed by atoms with Gasteiger partial charge in [0, 0.05) is 4.90 Å². The molecule has 0 saturated heterocycles. The van der Waals surface area contributed by atoms with Gasteiger partial charge in [0.25, 0.3) is 0 Å². The average molecular weight is 325 g/mol. The molecular formula is C12H12BrF3S. The van der Waals surface area contributed by atoms with Crippen LogP contribution >= 0.6 is 23.3 Å². The third kappa shape index (κ3) is 1.93. The summed E-state index contributed by atoms with van der Waals surface area (Å²) in [4.78, 5) is 0.865. The summed E-state index contributed by atoms with van der Waals surface area (Å²) < 4.78 is 40.0. The van der Waals surface area contributed by atoms with Crippen LogP contribution in [-0.4, -0.2) is 5.51 Å². The average Bonchev–Trinajstić information content (AvgIpc) is 2.54. The lowest BCUT2D eigenvalue weighted by Gasteiger charge is -2.35. The molecule has 1 aromatic rings. The number of halogens is 4. The first kappa shape index (κ1) is 13.0. The van der Waals surface area contributed by atoms with Crippen LogP contribution in [0.1, 0.15) is 25.3 Å². The molecule has 0 radical (unpaired) electrons. The molecule has 0 spiro atoms. The number of hydrogen-bond acceptors (Lipinski definition) is 0. The maximum atomic E-state index is 13.3. The zero-order valence-electron chi connectivity index (χ0n) is 9.22. The van der Waals surface area contributed by atoms with Gasteiger partial charge in [0.2, 0.25) is 0 Å². The van der Waals surface area contributed by atoms with E-state index < -0.39 is 14.0 Å². The van der Waals surface area contributed by atoms with Crippen LogP contribution in [0.25, 0.3) is 6.08 Å². The highest BCUT2D eigenvalue weighted by molar-refractivity contribution is 9.59. The number of rotatable bonds is 2. The molecule has 1 aliphatic heterocycles. The van der Waals surface area contributed by atoms with E-state index in [0.29, 0.717) is 21.8 Å². The number of allylic oxidation sites excluding steroid dienone is 1. The Bertz CT molecular complexity index is 467. The van der Waals surface area contributed by atoms with E-state index in [1.807, 2.05) is 6.92 Å². The van der Waals surface area contributed by atoms with Crippen LogP contribution in [0.3, 0.4) is 0 Å². The Labute approximate surface area is 107 Å². The fourth-order valence-corrected chi connectivity index (χ4v) is 5.96. The van der Waals surface area contributed by atoms with E-state index in [-0.39, 0.29) is 0 Å². The van der Waals surface area contributed by atoms with Gasteiger partial charge in [-0.3, -0.25) is 0 Å². The summed E-state index contributed by atoms with van der Waals surface area (Å²) >= 11 is 3.02. The molecule has 2 rings (SSSR count). The summed E-state index contributed by atoms with van der Waals surface area (Å²) in [5.41, 5.74) is -3.54. The van der Waals surface area contributed by atoms with Crippen LogP contribution in [0.4, 0.5) is 13.2 Å². The fourth-order valence-electron chi connectivity index (χ4n) is 1.98. The molecule has 1 unspecified atom stereocenters. The highest BCUT2D eigenvalue weighted by Crippen LogP contribution is 2.81. The Morgan fingerprint density at radius 3 is 2.47 bits per heavy atom. The van der Waals surface area contributed by atoms with E-state index in [1.165, 1.54) is 0 Å². The number of benzene rings is 1. The van der Waals surface area contributed by atoms with E-state index in [0.717, 1.165) is 6.42 Å². The van der Waals surface area contributed by atoms with E-state index in [9.17, 15) is 13.2 Å². The van der Waals surface area contributed by atoms with Gasteiger partial charge < -0.3 is 0 Å². The van der Waals surface area contributed by atoms with Crippen LogP contribution in [-0.2, 0) is 0 Å². The number of alkyl halides is 3. The smallest absolute Gasteiger partial charge is 0.160 e. The van der Waals surface area contributed by atoms with Gasteiger partial charge in [-0.15, -0.1) is 0 Å². The Morgan fingerprint density at radius 1 is 1.24 bits per heavy atom. The van der Waals surface area contributed by atoms with Crippen LogP contribution in [0.15, 0.2) is 34.1 Å². The van der Waals surface area contributed by atoms with Gasteiger partial charge in [0.15, 0.2) is 0 Å². The molecule has 0 aliphatic carbocycles. The van der Waals surface area contributed by atoms with E-state index in [1.54, 1.807) is 30.3 Å². The van der Waals surface area contributed by atoms with Crippen molar-refractivity contribution in [3.63, 3.8) is 0 Å². The van der Waals surface area contributed by atoms with Crippen LogP contribution in [0, 0.1) is 0 Å². The normalized spacial score (nSPS) is 27.2. The second-order valence-corrected chi connectivity index (χ2v) is 9.30. The topological polar surface area (TPSA) is 0 Å². The van der Waals surface area contributed by atoms with Gasteiger partial charge in [0.05, 0.1) is 0 Å². The van der Waals surface area contributed by atoms with Crippen molar-refractivity contribution in [1.82, 2.24) is 0 Å². The predicted molar refractivity (Wildman–Crippen MR) is 70.2 cm³/mol. The summed E-state index contributed by atoms with van der Waals surface area (Å²) in [6.45, 7) is 1.90. The van der Waals surface area contributed by atoms with Gasteiger partial charge in [-0.1, -0.05) is 31.5 Å². The minimum atomic E-state index is -4.24. The summed E-state index contributed by atoms with van der Waals surface area (Å²) in [6, 6.07) is 6.75. The van der Waals surface area contributed by atoms with Crippen LogP contribution in [0.5, 0.6) is 0 Å². The van der Waals surface area contributed by atoms with Crippen molar-refractivity contribution in [2.75, 3.05) is 0 Å². The lowest BCUT2D eigenvalue weighted by atomic mass is 10.2. The van der Waals surface area contributed by atoms with Crippen LogP contribution < -0.4 is 0 Å². The van der Waals surface area contributed by atoms with E-state index in [4.69, 9.17) is 0 Å². The predicted octanol–water partition coefficient (Wildman–Crippen LogP) is 5.83. The molecule has 0 aromatic heterocycles. The van der Waals surface area contributed by atoms with Crippen molar-refractivity contribution in [3.05, 3.63) is 34.7 Å². The SMILES string of the molecule is CCCC1=Cc2ccccc2S1(Br)C(F)(F)F. The summed E-state index contributed by atoms with van der Waals surface area (Å²) in [5, 5.41) is 0. The molecular weight excluding hydrogens is 313 g/mol. The van der Waals surface area contributed by atoms with Gasteiger partial charge >= 0.3 is 5.51 Å². The Kier molecular flexibility index (Phi) is 3.34. The highest BCUT2D eigenvalue weighted by atomic mass is 79.9. The van der Waals surface area contributed by atoms with Crippen molar-refractivity contribution < 1.29 is 13.2 Å². The van der Waals surface area contributed by atoms with Crippen molar-refractivity contribution >= 4 is 29.4 Å². The molecule has 1 heterocycles. The molecule has 17 heavy (non-hydrogen) atoms. The first-order chi connectivity index (χ1) is 7.91. The van der Waals surface area contributed by atoms with Gasteiger partial charge in [-0.05, 0) is 52.3 Å². The molecule has 0 fully saturated rings. The van der Waals surface area contributed by atoms with Crippen molar-refractivity contribution in [3.8, 4) is 0 Å². The lowest BCUT2D eigenvalue weighted by Crippen LogP contribution is -2.15. The first-order valence-corrected chi connectivity index (χ1v) is 8.77. The summed E-state index contributed by atoms with van der Waals surface area (Å²) in [5.74, 6) is 0. The molecule has 0 N–H and O–H groups in total. The minimum absolute atomic E-state index is 0.385. The Morgan fingerprint density at radius 2 is 1.88 bits per heavy atom. The Balaban J connectivity index is 2.59. The minimum Gasteiger partial charge on any atom is -0.160 e. The maximum Gasteiger partial charge on any atom is 0.442 e. The summed E-state index contributed by atoms with van der Waals surface area (Å²) in [7, 11) is -3.01. The quantitative estimate of drug-likeness (QED) is 0.641. The molecule has 0 amide bonds. The third-order valence-corrected chi connectivity index (χ3v) is 8.77. The third-order valence-electron chi connectivity index (χ3n) is 2.72. The van der Waals surface area contributed by atoms with Gasteiger partial charge in [0.1, 0.15) is 0 Å².